The van der Waals surface area contributed by atoms with E-state index in [0.29, 0.717) is 0 Å². The third-order valence-electron chi connectivity index (χ3n) is 2.60. The summed E-state index contributed by atoms with van der Waals surface area (Å²) in [6.07, 6.45) is 3.68. The molecule has 0 aliphatic rings. The van der Waals surface area contributed by atoms with Crippen LogP contribution in [0.25, 0.3) is 0 Å². The van der Waals surface area contributed by atoms with Crippen LogP contribution in [-0.4, -0.2) is 12.0 Å². The zero-order valence-corrected chi connectivity index (χ0v) is 9.98. The summed E-state index contributed by atoms with van der Waals surface area (Å²) in [4.78, 5) is 4.09. The van der Waals surface area contributed by atoms with Crippen LogP contribution in [0.3, 0.4) is 0 Å². The first-order chi connectivity index (χ1) is 8.38. The Labute approximate surface area is 102 Å². The fourth-order valence-corrected chi connectivity index (χ4v) is 1.69. The zero-order valence-electron chi connectivity index (χ0n) is 9.98. The molecule has 0 unspecified atom stereocenters. The van der Waals surface area contributed by atoms with E-state index in [4.69, 9.17) is 0 Å². The van der Waals surface area contributed by atoms with Crippen molar-refractivity contribution >= 4 is 5.69 Å². The van der Waals surface area contributed by atoms with Gasteiger partial charge in [-0.1, -0.05) is 18.2 Å². The molecule has 2 aromatic rings. The molecule has 0 fully saturated rings. The van der Waals surface area contributed by atoms with Gasteiger partial charge in [0.2, 0.25) is 0 Å². The number of nitrogens with zero attached hydrogens (tertiary/aromatic N) is 1. The highest BCUT2D eigenvalue weighted by Crippen LogP contribution is 2.09. The minimum atomic E-state index is 0.845. The van der Waals surface area contributed by atoms with Crippen LogP contribution in [0.1, 0.15) is 11.1 Å². The van der Waals surface area contributed by atoms with Crippen molar-refractivity contribution in [2.24, 2.45) is 0 Å². The van der Waals surface area contributed by atoms with Gasteiger partial charge in [-0.2, -0.15) is 0 Å². The lowest BCUT2D eigenvalue weighted by Crippen LogP contribution is -2.12. The molecule has 1 aromatic carbocycles. The normalized spacial score (nSPS) is 10.2. The minimum absolute atomic E-state index is 0.845. The van der Waals surface area contributed by atoms with Gasteiger partial charge in [-0.15, -0.1) is 0 Å². The van der Waals surface area contributed by atoms with Crippen LogP contribution in [0, 0.1) is 0 Å². The smallest absolute Gasteiger partial charge is 0.0340 e. The van der Waals surface area contributed by atoms with Crippen LogP contribution in [0.5, 0.6) is 0 Å². The second-order valence-corrected chi connectivity index (χ2v) is 3.92. The largest absolute Gasteiger partial charge is 0.388 e. The minimum Gasteiger partial charge on any atom is -0.388 e. The van der Waals surface area contributed by atoms with Crippen LogP contribution in [0.2, 0.25) is 0 Å². The first-order valence-electron chi connectivity index (χ1n) is 5.75. The lowest BCUT2D eigenvalue weighted by Gasteiger charge is -2.06. The Bertz CT molecular complexity index is 454. The van der Waals surface area contributed by atoms with E-state index in [1.165, 1.54) is 11.1 Å². The predicted octanol–water partition coefficient (Wildman–Crippen LogP) is 2.41. The monoisotopic (exact) mass is 227 g/mol. The molecule has 3 heteroatoms. The SMILES string of the molecule is CNc1cccc(CNCc2cccnc2)c1. The van der Waals surface area contributed by atoms with Gasteiger partial charge in [0.25, 0.3) is 0 Å². The molecular weight excluding hydrogens is 210 g/mol. The zero-order chi connectivity index (χ0) is 11.9. The molecule has 0 spiro atoms. The molecule has 0 bridgehead atoms. The Balaban J connectivity index is 1.86. The summed E-state index contributed by atoms with van der Waals surface area (Å²) in [6.45, 7) is 1.71. The van der Waals surface area contributed by atoms with E-state index < -0.39 is 0 Å². The number of hydrogen-bond donors (Lipinski definition) is 2. The Kier molecular flexibility index (Phi) is 4.11. The van der Waals surface area contributed by atoms with E-state index in [2.05, 4.69) is 45.9 Å². The quantitative estimate of drug-likeness (QED) is 0.823. The molecule has 0 amide bonds. The van der Waals surface area contributed by atoms with Crippen LogP contribution in [-0.2, 0) is 13.1 Å². The van der Waals surface area contributed by atoms with E-state index in [0.717, 1.165) is 18.8 Å². The molecule has 2 N–H and O–H groups in total. The van der Waals surface area contributed by atoms with Crippen LogP contribution < -0.4 is 10.6 Å². The first-order valence-corrected chi connectivity index (χ1v) is 5.75. The maximum Gasteiger partial charge on any atom is 0.0340 e. The summed E-state index contributed by atoms with van der Waals surface area (Å²) in [5.41, 5.74) is 3.63. The third kappa shape index (κ3) is 3.57. The fraction of sp³-hybridized carbons (Fsp3) is 0.214. The molecule has 1 aromatic heterocycles. The van der Waals surface area contributed by atoms with Crippen LogP contribution in [0.4, 0.5) is 5.69 Å². The van der Waals surface area contributed by atoms with Gasteiger partial charge in [0.05, 0.1) is 0 Å². The summed E-state index contributed by atoms with van der Waals surface area (Å²) in [7, 11) is 1.93. The van der Waals surface area contributed by atoms with Crippen molar-refractivity contribution in [3.63, 3.8) is 0 Å². The van der Waals surface area contributed by atoms with E-state index >= 15 is 0 Å². The Morgan fingerprint density at radius 3 is 2.65 bits per heavy atom. The Hall–Kier alpha value is -1.87. The van der Waals surface area contributed by atoms with Gasteiger partial charge in [0.15, 0.2) is 0 Å². The number of hydrogen-bond acceptors (Lipinski definition) is 3. The molecule has 2 rings (SSSR count). The molecule has 3 nitrogen and oxygen atoms in total. The molecule has 88 valence electrons. The van der Waals surface area contributed by atoms with Crippen molar-refractivity contribution in [3.05, 3.63) is 59.9 Å². The van der Waals surface area contributed by atoms with Crippen LogP contribution in [0.15, 0.2) is 48.8 Å². The van der Waals surface area contributed by atoms with E-state index in [-0.39, 0.29) is 0 Å². The summed E-state index contributed by atoms with van der Waals surface area (Å²) >= 11 is 0. The van der Waals surface area contributed by atoms with Gasteiger partial charge in [-0.25, -0.2) is 0 Å². The standard InChI is InChI=1S/C14H17N3/c1-15-14-6-2-4-12(8-14)9-17-11-13-5-3-7-16-10-13/h2-8,10,15,17H,9,11H2,1H3. The summed E-state index contributed by atoms with van der Waals surface area (Å²) in [5.74, 6) is 0. The molecule has 0 saturated carbocycles. The highest BCUT2D eigenvalue weighted by atomic mass is 14.9. The Morgan fingerprint density at radius 2 is 1.88 bits per heavy atom. The number of rotatable bonds is 5. The number of aromatic nitrogens is 1. The van der Waals surface area contributed by atoms with Crippen molar-refractivity contribution < 1.29 is 0 Å². The molecular formula is C14H17N3. The molecule has 1 heterocycles. The van der Waals surface area contributed by atoms with Crippen molar-refractivity contribution in [2.45, 2.75) is 13.1 Å². The van der Waals surface area contributed by atoms with Gasteiger partial charge in [-0.05, 0) is 29.3 Å². The second-order valence-electron chi connectivity index (χ2n) is 3.92. The van der Waals surface area contributed by atoms with Gasteiger partial charge >= 0.3 is 0 Å². The van der Waals surface area contributed by atoms with Gasteiger partial charge < -0.3 is 10.6 Å². The summed E-state index contributed by atoms with van der Waals surface area (Å²) < 4.78 is 0. The molecule has 0 radical (unpaired) electrons. The lowest BCUT2D eigenvalue weighted by molar-refractivity contribution is 0.691. The molecule has 0 saturated heterocycles. The van der Waals surface area contributed by atoms with Gasteiger partial charge in [0, 0.05) is 38.2 Å². The molecule has 0 atom stereocenters. The average molecular weight is 227 g/mol. The molecule has 0 aliphatic heterocycles. The highest BCUT2D eigenvalue weighted by Gasteiger charge is 1.95. The summed E-state index contributed by atoms with van der Waals surface area (Å²) in [5, 5.41) is 6.54. The number of nitrogens with one attached hydrogen (secondary N) is 2. The van der Waals surface area contributed by atoms with E-state index in [1.807, 2.05) is 19.3 Å². The number of benzene rings is 1. The average Bonchev–Trinajstić information content (AvgIpc) is 2.40. The van der Waals surface area contributed by atoms with E-state index in [1.54, 1.807) is 6.20 Å². The van der Waals surface area contributed by atoms with Crippen LogP contribution >= 0.6 is 0 Å². The topological polar surface area (TPSA) is 37.0 Å². The van der Waals surface area contributed by atoms with Crippen molar-refractivity contribution in [3.8, 4) is 0 Å². The predicted molar refractivity (Wildman–Crippen MR) is 70.8 cm³/mol. The van der Waals surface area contributed by atoms with Gasteiger partial charge in [-0.3, -0.25) is 4.98 Å². The van der Waals surface area contributed by atoms with E-state index in [9.17, 15) is 0 Å². The lowest BCUT2D eigenvalue weighted by atomic mass is 10.2. The van der Waals surface area contributed by atoms with Crippen molar-refractivity contribution in [1.29, 1.82) is 0 Å². The van der Waals surface area contributed by atoms with Crippen molar-refractivity contribution in [2.75, 3.05) is 12.4 Å². The molecule has 17 heavy (non-hydrogen) atoms. The first kappa shape index (κ1) is 11.6. The second kappa shape index (κ2) is 6.01. The van der Waals surface area contributed by atoms with Crippen molar-refractivity contribution in [1.82, 2.24) is 10.3 Å². The van der Waals surface area contributed by atoms with Gasteiger partial charge in [0.1, 0.15) is 0 Å². The third-order valence-corrected chi connectivity index (χ3v) is 2.60. The summed E-state index contributed by atoms with van der Waals surface area (Å²) in [6, 6.07) is 12.4. The Morgan fingerprint density at radius 1 is 1.06 bits per heavy atom. The highest BCUT2D eigenvalue weighted by molar-refractivity contribution is 5.44. The maximum atomic E-state index is 4.09. The molecule has 0 aliphatic carbocycles. The number of pyridine rings is 1. The fourth-order valence-electron chi connectivity index (χ4n) is 1.69. The maximum absolute atomic E-state index is 4.09. The number of anilines is 1.